The number of hydrogen-bond acceptors (Lipinski definition) is 4. The number of fused-ring (bicyclic) bond motifs is 1. The number of aryl methyl sites for hydroxylation is 1. The number of aromatic nitrogens is 2. The molecular weight excluding hydrogens is 348 g/mol. The standard InChI is InChI=1S/C19H22N4O4/c1-19(18(26)27,12-7-3-2-4-8-12)11-15(24)21-23-17(25)16-13-9-5-6-10-14(13)20-22-16/h2-4,7-8H,5-6,9-11H2,1H3,(H,20,22)(H,21,24)(H,23,25)(H,26,27). The van der Waals surface area contributed by atoms with E-state index in [1.54, 1.807) is 30.3 Å². The monoisotopic (exact) mass is 370 g/mol. The number of hydrazine groups is 1. The van der Waals surface area contributed by atoms with Crippen LogP contribution < -0.4 is 10.9 Å². The molecule has 0 fully saturated rings. The summed E-state index contributed by atoms with van der Waals surface area (Å²) in [7, 11) is 0. The van der Waals surface area contributed by atoms with Gasteiger partial charge in [-0.3, -0.25) is 30.3 Å². The quantitative estimate of drug-likeness (QED) is 0.594. The van der Waals surface area contributed by atoms with Crippen molar-refractivity contribution in [3.8, 4) is 0 Å². The summed E-state index contributed by atoms with van der Waals surface area (Å²) in [6.07, 6.45) is 3.36. The number of carboxylic acid groups (broad SMARTS) is 1. The Kier molecular flexibility index (Phi) is 5.25. The van der Waals surface area contributed by atoms with Gasteiger partial charge in [0.1, 0.15) is 0 Å². The van der Waals surface area contributed by atoms with E-state index in [0.29, 0.717) is 5.56 Å². The molecule has 3 rings (SSSR count). The first-order valence-corrected chi connectivity index (χ1v) is 8.86. The summed E-state index contributed by atoms with van der Waals surface area (Å²) < 4.78 is 0. The Morgan fingerprint density at radius 2 is 1.85 bits per heavy atom. The molecule has 1 aromatic carbocycles. The normalized spacial score (nSPS) is 15.3. The molecule has 0 spiro atoms. The van der Waals surface area contributed by atoms with E-state index in [2.05, 4.69) is 21.0 Å². The van der Waals surface area contributed by atoms with Gasteiger partial charge in [-0.05, 0) is 38.2 Å². The average Bonchev–Trinajstić information content (AvgIpc) is 3.11. The van der Waals surface area contributed by atoms with Crippen LogP contribution in [0.1, 0.15) is 53.5 Å². The predicted octanol–water partition coefficient (Wildman–Crippen LogP) is 1.48. The second-order valence-corrected chi connectivity index (χ2v) is 6.92. The van der Waals surface area contributed by atoms with Crippen molar-refractivity contribution in [1.82, 2.24) is 21.0 Å². The number of H-pyrrole nitrogens is 1. The molecule has 8 heteroatoms. The maximum Gasteiger partial charge on any atom is 0.314 e. The van der Waals surface area contributed by atoms with Crippen molar-refractivity contribution in [3.63, 3.8) is 0 Å². The molecule has 27 heavy (non-hydrogen) atoms. The molecule has 0 radical (unpaired) electrons. The van der Waals surface area contributed by atoms with E-state index in [9.17, 15) is 19.5 Å². The highest BCUT2D eigenvalue weighted by atomic mass is 16.4. The molecule has 1 aliphatic carbocycles. The molecule has 4 N–H and O–H groups in total. The van der Waals surface area contributed by atoms with Gasteiger partial charge in [-0.1, -0.05) is 30.3 Å². The van der Waals surface area contributed by atoms with Crippen LogP contribution in [0.3, 0.4) is 0 Å². The summed E-state index contributed by atoms with van der Waals surface area (Å²) >= 11 is 0. The molecule has 0 aliphatic heterocycles. The summed E-state index contributed by atoms with van der Waals surface area (Å²) in [5.41, 5.74) is 5.86. The third-order valence-corrected chi connectivity index (χ3v) is 4.98. The van der Waals surface area contributed by atoms with Crippen molar-refractivity contribution in [2.75, 3.05) is 0 Å². The number of aromatic amines is 1. The zero-order valence-corrected chi connectivity index (χ0v) is 15.0. The van der Waals surface area contributed by atoms with E-state index in [4.69, 9.17) is 0 Å². The second kappa shape index (κ2) is 7.61. The number of aliphatic carboxylic acids is 1. The number of nitrogens with one attached hydrogen (secondary N) is 3. The molecular formula is C19H22N4O4. The molecule has 0 saturated carbocycles. The maximum atomic E-state index is 12.3. The topological polar surface area (TPSA) is 124 Å². The highest BCUT2D eigenvalue weighted by Crippen LogP contribution is 2.28. The number of benzene rings is 1. The lowest BCUT2D eigenvalue weighted by Crippen LogP contribution is -2.46. The van der Waals surface area contributed by atoms with Crippen molar-refractivity contribution in [2.45, 2.75) is 44.4 Å². The average molecular weight is 370 g/mol. The largest absolute Gasteiger partial charge is 0.481 e. The molecule has 8 nitrogen and oxygen atoms in total. The Morgan fingerprint density at radius 3 is 2.56 bits per heavy atom. The van der Waals surface area contributed by atoms with E-state index >= 15 is 0 Å². The maximum absolute atomic E-state index is 12.3. The first-order chi connectivity index (χ1) is 12.9. The van der Waals surface area contributed by atoms with Gasteiger partial charge in [0, 0.05) is 17.7 Å². The van der Waals surface area contributed by atoms with Crippen LogP contribution >= 0.6 is 0 Å². The molecule has 1 heterocycles. The summed E-state index contributed by atoms with van der Waals surface area (Å²) in [4.78, 5) is 36.4. The van der Waals surface area contributed by atoms with Crippen LogP contribution in [0.15, 0.2) is 30.3 Å². The van der Waals surface area contributed by atoms with Gasteiger partial charge in [0.2, 0.25) is 5.91 Å². The Hall–Kier alpha value is -3.16. The lowest BCUT2D eigenvalue weighted by molar-refractivity contribution is -0.145. The Balaban J connectivity index is 1.64. The van der Waals surface area contributed by atoms with Crippen molar-refractivity contribution < 1.29 is 19.5 Å². The fourth-order valence-corrected chi connectivity index (χ4v) is 3.33. The van der Waals surface area contributed by atoms with Crippen LogP contribution in [0.25, 0.3) is 0 Å². The third-order valence-electron chi connectivity index (χ3n) is 4.98. The summed E-state index contributed by atoms with van der Waals surface area (Å²) in [6, 6.07) is 8.54. The van der Waals surface area contributed by atoms with Gasteiger partial charge < -0.3 is 5.11 Å². The van der Waals surface area contributed by atoms with Crippen LogP contribution in [0.5, 0.6) is 0 Å². The van der Waals surface area contributed by atoms with Gasteiger partial charge in [-0.15, -0.1) is 0 Å². The van der Waals surface area contributed by atoms with Crippen LogP contribution in [0, 0.1) is 0 Å². The fraction of sp³-hybridized carbons (Fsp3) is 0.368. The summed E-state index contributed by atoms with van der Waals surface area (Å²) in [5.74, 6) is -2.22. The molecule has 1 aliphatic rings. The van der Waals surface area contributed by atoms with Crippen LogP contribution in [0.2, 0.25) is 0 Å². The Morgan fingerprint density at radius 1 is 1.15 bits per heavy atom. The van der Waals surface area contributed by atoms with E-state index < -0.39 is 23.2 Å². The zero-order chi connectivity index (χ0) is 19.4. The minimum atomic E-state index is -1.40. The number of carbonyl (C=O) groups is 3. The minimum Gasteiger partial charge on any atom is -0.481 e. The Labute approximate surface area is 156 Å². The number of nitrogens with zero attached hydrogens (tertiary/aromatic N) is 1. The first kappa shape index (κ1) is 18.6. The molecule has 142 valence electrons. The highest BCUT2D eigenvalue weighted by molar-refractivity contribution is 5.96. The number of rotatable bonds is 5. The molecule has 2 aromatic rings. The zero-order valence-electron chi connectivity index (χ0n) is 15.0. The number of carboxylic acids is 1. The molecule has 0 bridgehead atoms. The lowest BCUT2D eigenvalue weighted by Gasteiger charge is -2.24. The molecule has 1 unspecified atom stereocenters. The van der Waals surface area contributed by atoms with Crippen molar-refractivity contribution in [1.29, 1.82) is 0 Å². The van der Waals surface area contributed by atoms with Crippen LogP contribution in [-0.2, 0) is 27.8 Å². The molecule has 1 aromatic heterocycles. The minimum absolute atomic E-state index is 0.272. The lowest BCUT2D eigenvalue weighted by atomic mass is 9.79. The SMILES string of the molecule is CC(CC(=O)NNC(=O)c1n[nH]c2c1CCCC2)(C(=O)O)c1ccccc1. The smallest absolute Gasteiger partial charge is 0.314 e. The van der Waals surface area contributed by atoms with Crippen LogP contribution in [0.4, 0.5) is 0 Å². The Bertz CT molecular complexity index is 862. The van der Waals surface area contributed by atoms with Gasteiger partial charge >= 0.3 is 5.97 Å². The van der Waals surface area contributed by atoms with Crippen molar-refractivity contribution in [3.05, 3.63) is 52.8 Å². The van der Waals surface area contributed by atoms with E-state index in [-0.39, 0.29) is 12.1 Å². The highest BCUT2D eigenvalue weighted by Gasteiger charge is 2.37. The van der Waals surface area contributed by atoms with Crippen LogP contribution in [-0.4, -0.2) is 33.1 Å². The molecule has 2 amide bonds. The molecule has 0 saturated heterocycles. The fourth-order valence-electron chi connectivity index (χ4n) is 3.33. The first-order valence-electron chi connectivity index (χ1n) is 8.86. The third kappa shape index (κ3) is 3.84. The van der Waals surface area contributed by atoms with Crippen molar-refractivity contribution in [2.24, 2.45) is 0 Å². The summed E-state index contributed by atoms with van der Waals surface area (Å²) in [6.45, 7) is 1.48. The van der Waals surface area contributed by atoms with E-state index in [1.165, 1.54) is 6.92 Å². The number of hydrogen-bond donors (Lipinski definition) is 4. The van der Waals surface area contributed by atoms with Gasteiger partial charge in [-0.25, -0.2) is 0 Å². The van der Waals surface area contributed by atoms with Gasteiger partial charge in [0.25, 0.3) is 5.91 Å². The van der Waals surface area contributed by atoms with E-state index in [0.717, 1.165) is 36.9 Å². The van der Waals surface area contributed by atoms with Gasteiger partial charge in [-0.2, -0.15) is 5.10 Å². The van der Waals surface area contributed by atoms with E-state index in [1.807, 2.05) is 0 Å². The van der Waals surface area contributed by atoms with Crippen molar-refractivity contribution >= 4 is 17.8 Å². The number of amides is 2. The number of carbonyl (C=O) groups excluding carboxylic acids is 2. The molecule has 1 atom stereocenters. The second-order valence-electron chi connectivity index (χ2n) is 6.92. The van der Waals surface area contributed by atoms with Gasteiger partial charge in [0.05, 0.1) is 5.41 Å². The predicted molar refractivity (Wildman–Crippen MR) is 96.9 cm³/mol. The van der Waals surface area contributed by atoms with Gasteiger partial charge in [0.15, 0.2) is 5.69 Å². The summed E-state index contributed by atoms with van der Waals surface area (Å²) in [5, 5.41) is 16.5.